The molecule has 2 rings (SSSR count). The molecule has 0 aliphatic carbocycles. The Bertz CT molecular complexity index is 545. The highest BCUT2D eigenvalue weighted by atomic mass is 32.2. The Morgan fingerprint density at radius 3 is 2.67 bits per heavy atom. The molecule has 0 amide bonds. The standard InChI is InChI=1S/C16H20N2O2S/c1-11-9-18(10-12(2)21-11)15(16(19)20-3)14-6-4-5-13(7-14)8-17/h4-7,11-12,15H,9-10H2,1-3H3/t11-,12-,15+/m0/s1. The summed E-state index contributed by atoms with van der Waals surface area (Å²) in [5.74, 6) is -0.267. The fourth-order valence-electron chi connectivity index (χ4n) is 2.81. The van der Waals surface area contributed by atoms with E-state index in [0.717, 1.165) is 18.7 Å². The topological polar surface area (TPSA) is 53.3 Å². The van der Waals surface area contributed by atoms with Gasteiger partial charge in [0.15, 0.2) is 0 Å². The van der Waals surface area contributed by atoms with Gasteiger partial charge in [-0.15, -0.1) is 0 Å². The van der Waals surface area contributed by atoms with Crippen LogP contribution in [0.2, 0.25) is 0 Å². The molecule has 0 N–H and O–H groups in total. The van der Waals surface area contributed by atoms with Crippen molar-refractivity contribution in [3.8, 4) is 6.07 Å². The van der Waals surface area contributed by atoms with Crippen LogP contribution in [0.5, 0.6) is 0 Å². The van der Waals surface area contributed by atoms with Crippen molar-refractivity contribution in [2.24, 2.45) is 0 Å². The lowest BCUT2D eigenvalue weighted by molar-refractivity contribution is -0.147. The Balaban J connectivity index is 2.34. The van der Waals surface area contributed by atoms with Crippen LogP contribution in [0, 0.1) is 11.3 Å². The van der Waals surface area contributed by atoms with Crippen LogP contribution in [-0.2, 0) is 9.53 Å². The fourth-order valence-corrected chi connectivity index (χ4v) is 4.16. The number of nitrogens with zero attached hydrogens (tertiary/aromatic N) is 2. The molecule has 1 saturated heterocycles. The van der Waals surface area contributed by atoms with Crippen LogP contribution in [0.25, 0.3) is 0 Å². The molecule has 0 radical (unpaired) electrons. The minimum atomic E-state index is -0.436. The van der Waals surface area contributed by atoms with E-state index in [1.54, 1.807) is 12.1 Å². The summed E-state index contributed by atoms with van der Waals surface area (Å²) < 4.78 is 4.99. The van der Waals surface area contributed by atoms with Gasteiger partial charge in [-0.1, -0.05) is 26.0 Å². The largest absolute Gasteiger partial charge is 0.468 e. The lowest BCUT2D eigenvalue weighted by Crippen LogP contribution is -2.45. The fraction of sp³-hybridized carbons (Fsp3) is 0.500. The van der Waals surface area contributed by atoms with Crippen molar-refractivity contribution in [1.82, 2.24) is 4.90 Å². The molecule has 0 aromatic heterocycles. The zero-order valence-electron chi connectivity index (χ0n) is 12.6. The van der Waals surface area contributed by atoms with Crippen molar-refractivity contribution in [2.75, 3.05) is 20.2 Å². The van der Waals surface area contributed by atoms with Crippen molar-refractivity contribution < 1.29 is 9.53 Å². The van der Waals surface area contributed by atoms with Crippen LogP contribution in [-0.4, -0.2) is 41.6 Å². The number of hydrogen-bond acceptors (Lipinski definition) is 5. The first-order chi connectivity index (χ1) is 10.0. The first-order valence-electron chi connectivity index (χ1n) is 7.02. The maximum absolute atomic E-state index is 12.3. The average Bonchev–Trinajstić information content (AvgIpc) is 2.46. The van der Waals surface area contributed by atoms with E-state index in [0.29, 0.717) is 16.1 Å². The number of nitriles is 1. The molecule has 3 atom stereocenters. The highest BCUT2D eigenvalue weighted by molar-refractivity contribution is 8.00. The molecule has 1 heterocycles. The Labute approximate surface area is 130 Å². The molecular weight excluding hydrogens is 284 g/mol. The van der Waals surface area contributed by atoms with Crippen LogP contribution in [0.3, 0.4) is 0 Å². The number of esters is 1. The zero-order chi connectivity index (χ0) is 15.4. The second-order valence-electron chi connectivity index (χ2n) is 5.37. The van der Waals surface area contributed by atoms with Crippen LogP contribution >= 0.6 is 11.8 Å². The maximum Gasteiger partial charge on any atom is 0.327 e. The number of carbonyl (C=O) groups is 1. The van der Waals surface area contributed by atoms with E-state index in [1.807, 2.05) is 23.9 Å². The van der Waals surface area contributed by atoms with Gasteiger partial charge in [-0.2, -0.15) is 17.0 Å². The second-order valence-corrected chi connectivity index (χ2v) is 7.26. The number of ether oxygens (including phenoxy) is 1. The third-order valence-electron chi connectivity index (χ3n) is 3.57. The van der Waals surface area contributed by atoms with E-state index in [2.05, 4.69) is 24.8 Å². The van der Waals surface area contributed by atoms with Gasteiger partial charge in [0.2, 0.25) is 0 Å². The van der Waals surface area contributed by atoms with Crippen molar-refractivity contribution in [3.63, 3.8) is 0 Å². The molecular formula is C16H20N2O2S. The van der Waals surface area contributed by atoms with Gasteiger partial charge in [-0.3, -0.25) is 4.90 Å². The van der Waals surface area contributed by atoms with E-state index >= 15 is 0 Å². The Hall–Kier alpha value is -1.51. The predicted octanol–water partition coefficient (Wildman–Crippen LogP) is 2.60. The maximum atomic E-state index is 12.3. The molecule has 1 aliphatic rings. The molecule has 4 nitrogen and oxygen atoms in total. The summed E-state index contributed by atoms with van der Waals surface area (Å²) in [6, 6.07) is 8.91. The highest BCUT2D eigenvalue weighted by Crippen LogP contribution is 2.32. The average molecular weight is 304 g/mol. The number of methoxy groups -OCH3 is 1. The molecule has 112 valence electrons. The summed E-state index contributed by atoms with van der Waals surface area (Å²) in [5.41, 5.74) is 1.39. The molecule has 0 unspecified atom stereocenters. The highest BCUT2D eigenvalue weighted by Gasteiger charge is 2.33. The Kier molecular flexibility index (Phi) is 5.27. The van der Waals surface area contributed by atoms with E-state index < -0.39 is 6.04 Å². The molecule has 0 saturated carbocycles. The summed E-state index contributed by atoms with van der Waals surface area (Å²) in [5, 5.41) is 10.00. The van der Waals surface area contributed by atoms with E-state index in [9.17, 15) is 4.79 Å². The van der Waals surface area contributed by atoms with Gasteiger partial charge in [0, 0.05) is 23.6 Å². The predicted molar refractivity (Wildman–Crippen MR) is 84.0 cm³/mol. The van der Waals surface area contributed by atoms with E-state index in [-0.39, 0.29) is 5.97 Å². The number of thioether (sulfide) groups is 1. The van der Waals surface area contributed by atoms with Gasteiger partial charge in [-0.25, -0.2) is 4.79 Å². The van der Waals surface area contributed by atoms with Gasteiger partial charge in [-0.05, 0) is 17.7 Å². The minimum absolute atomic E-state index is 0.267. The minimum Gasteiger partial charge on any atom is -0.468 e. The van der Waals surface area contributed by atoms with Crippen LogP contribution in [0.15, 0.2) is 24.3 Å². The van der Waals surface area contributed by atoms with Gasteiger partial charge >= 0.3 is 5.97 Å². The van der Waals surface area contributed by atoms with Gasteiger partial charge < -0.3 is 4.74 Å². The van der Waals surface area contributed by atoms with Crippen LogP contribution in [0.1, 0.15) is 31.0 Å². The summed E-state index contributed by atoms with van der Waals surface area (Å²) >= 11 is 1.94. The second kappa shape index (κ2) is 6.97. The molecule has 1 aromatic carbocycles. The molecule has 1 aromatic rings. The third kappa shape index (κ3) is 3.78. The molecule has 1 aliphatic heterocycles. The van der Waals surface area contributed by atoms with Crippen molar-refractivity contribution in [2.45, 2.75) is 30.4 Å². The molecule has 5 heteroatoms. The third-order valence-corrected chi connectivity index (χ3v) is 4.80. The van der Waals surface area contributed by atoms with Crippen molar-refractivity contribution in [3.05, 3.63) is 35.4 Å². The summed E-state index contributed by atoms with van der Waals surface area (Å²) in [6.45, 7) is 6.03. The van der Waals surface area contributed by atoms with Gasteiger partial charge in [0.1, 0.15) is 6.04 Å². The zero-order valence-corrected chi connectivity index (χ0v) is 13.4. The summed E-state index contributed by atoms with van der Waals surface area (Å²) in [7, 11) is 1.41. The smallest absolute Gasteiger partial charge is 0.327 e. The van der Waals surface area contributed by atoms with E-state index in [1.165, 1.54) is 7.11 Å². The number of carbonyl (C=O) groups excluding carboxylic acids is 1. The summed E-state index contributed by atoms with van der Waals surface area (Å²) in [6.07, 6.45) is 0. The molecule has 1 fully saturated rings. The summed E-state index contributed by atoms with van der Waals surface area (Å²) in [4.78, 5) is 14.4. The Morgan fingerprint density at radius 1 is 1.43 bits per heavy atom. The molecule has 21 heavy (non-hydrogen) atoms. The molecule has 0 bridgehead atoms. The monoisotopic (exact) mass is 304 g/mol. The van der Waals surface area contributed by atoms with Gasteiger partial charge in [0.25, 0.3) is 0 Å². The number of hydrogen-bond donors (Lipinski definition) is 0. The quantitative estimate of drug-likeness (QED) is 0.803. The Morgan fingerprint density at radius 2 is 2.10 bits per heavy atom. The number of rotatable bonds is 3. The van der Waals surface area contributed by atoms with Gasteiger partial charge in [0.05, 0.1) is 18.7 Å². The lowest BCUT2D eigenvalue weighted by Gasteiger charge is -2.38. The molecule has 0 spiro atoms. The van der Waals surface area contributed by atoms with E-state index in [4.69, 9.17) is 10.00 Å². The van der Waals surface area contributed by atoms with Crippen molar-refractivity contribution in [1.29, 1.82) is 5.26 Å². The van der Waals surface area contributed by atoms with Crippen LogP contribution in [0.4, 0.5) is 0 Å². The number of benzene rings is 1. The van der Waals surface area contributed by atoms with Crippen LogP contribution < -0.4 is 0 Å². The van der Waals surface area contributed by atoms with Crippen molar-refractivity contribution >= 4 is 17.7 Å². The lowest BCUT2D eigenvalue weighted by atomic mass is 10.0. The first-order valence-corrected chi connectivity index (χ1v) is 7.96. The first kappa shape index (κ1) is 15.9. The SMILES string of the molecule is COC(=O)[C@@H](c1cccc(C#N)c1)N1C[C@H](C)S[C@@H](C)C1. The normalized spacial score (nSPS) is 24.1.